The molecule has 0 aliphatic carbocycles. The lowest BCUT2D eigenvalue weighted by Crippen LogP contribution is -2.47. The van der Waals surface area contributed by atoms with Gasteiger partial charge in [0.05, 0.1) is 26.9 Å². The number of amides is 3. The van der Waals surface area contributed by atoms with Gasteiger partial charge in [0.25, 0.3) is 27.7 Å². The number of rotatable bonds is 14. The molecule has 4 aromatic carbocycles. The summed E-state index contributed by atoms with van der Waals surface area (Å²) in [6, 6.07) is 24.7. The van der Waals surface area contributed by atoms with Crippen LogP contribution in [0.1, 0.15) is 107 Å². The summed E-state index contributed by atoms with van der Waals surface area (Å²) in [5, 5.41) is 10.1. The first kappa shape index (κ1) is 41.1. The molecule has 2 N–H and O–H groups in total. The highest BCUT2D eigenvalue weighted by molar-refractivity contribution is 7.90. The highest BCUT2D eigenvalue weighted by Gasteiger charge is 2.35. The molecule has 0 spiro atoms. The van der Waals surface area contributed by atoms with E-state index < -0.39 is 15.9 Å². The van der Waals surface area contributed by atoms with Crippen LogP contribution in [-0.4, -0.2) is 77.4 Å². The number of unbranched alkanes of at least 4 members (excludes halogenated alkanes) is 2. The Morgan fingerprint density at radius 3 is 2.33 bits per heavy atom. The van der Waals surface area contributed by atoms with Crippen molar-refractivity contribution >= 4 is 50.1 Å². The van der Waals surface area contributed by atoms with E-state index >= 15 is 4.79 Å². The van der Waals surface area contributed by atoms with Gasteiger partial charge in [0.1, 0.15) is 0 Å². The van der Waals surface area contributed by atoms with E-state index in [4.69, 9.17) is 16.7 Å². The van der Waals surface area contributed by atoms with Crippen LogP contribution < -0.4 is 10.0 Å². The molecule has 1 aromatic heterocycles. The van der Waals surface area contributed by atoms with Crippen molar-refractivity contribution in [2.75, 3.05) is 19.6 Å². The number of benzene rings is 4. The molecule has 2 aliphatic rings. The van der Waals surface area contributed by atoms with E-state index in [1.165, 1.54) is 34.5 Å². The van der Waals surface area contributed by atoms with Crippen LogP contribution in [0, 0.1) is 6.92 Å². The molecule has 1 unspecified atom stereocenters. The van der Waals surface area contributed by atoms with Crippen LogP contribution in [0.25, 0.3) is 16.5 Å². The Morgan fingerprint density at radius 1 is 0.914 bits per heavy atom. The number of carbonyl (C=O) groups excluding carboxylic acids is 3. The molecule has 13 heteroatoms. The Hall–Kier alpha value is -5.04. The van der Waals surface area contributed by atoms with Gasteiger partial charge >= 0.3 is 0 Å². The van der Waals surface area contributed by atoms with Gasteiger partial charge in [0.2, 0.25) is 0 Å². The summed E-state index contributed by atoms with van der Waals surface area (Å²) in [6.45, 7) is 8.31. The molecule has 1 saturated heterocycles. The number of aromatic nitrogens is 2. The van der Waals surface area contributed by atoms with Gasteiger partial charge < -0.3 is 15.1 Å². The van der Waals surface area contributed by atoms with Gasteiger partial charge in [0.15, 0.2) is 5.69 Å². The first-order chi connectivity index (χ1) is 28.0. The molecular weight excluding hydrogens is 772 g/mol. The molecule has 3 amide bonds. The zero-order valence-corrected chi connectivity index (χ0v) is 34.9. The number of fused-ring (bicyclic) bond motifs is 2. The van der Waals surface area contributed by atoms with E-state index in [9.17, 15) is 18.0 Å². The molecule has 5 aromatic rings. The average molecular weight is 823 g/mol. The van der Waals surface area contributed by atoms with Crippen LogP contribution in [0.4, 0.5) is 0 Å². The largest absolute Gasteiger partial charge is 0.337 e. The van der Waals surface area contributed by atoms with Gasteiger partial charge in [0, 0.05) is 37.3 Å². The van der Waals surface area contributed by atoms with Crippen molar-refractivity contribution in [1.29, 1.82) is 0 Å². The average Bonchev–Trinajstić information content (AvgIpc) is 3.86. The standard InChI is InChI=1S/C45H51ClN6O5S/c1-4-6-23-50(24-7-5-2)45(55)42-41(46)30(3)52(48-42)40-21-19-34(43(53)49-58(56,57)38-20-18-31-13-8-9-15-33(31)26-38)27-39(40)44(54)51-29-35-16-11-10-14-32(35)25-37(51)28-36-17-12-22-47-36/h8-11,13-16,18-21,26-27,36-37,47H,4-7,12,17,22-25,28-29H2,1-3H3,(H,49,53)/t36?,37-/m0/s1. The fourth-order valence-electron chi connectivity index (χ4n) is 8.10. The molecule has 0 radical (unpaired) electrons. The van der Waals surface area contributed by atoms with Gasteiger partial charge in [-0.25, -0.2) is 17.8 Å². The number of carbonyl (C=O) groups is 3. The second kappa shape index (κ2) is 17.8. The number of sulfonamides is 1. The van der Waals surface area contributed by atoms with E-state index in [1.54, 1.807) is 30.0 Å². The number of hydrogen-bond acceptors (Lipinski definition) is 7. The van der Waals surface area contributed by atoms with Gasteiger partial charge in [-0.15, -0.1) is 0 Å². The molecule has 1 fully saturated rings. The third kappa shape index (κ3) is 8.69. The summed E-state index contributed by atoms with van der Waals surface area (Å²) in [6.07, 6.45) is 7.01. The molecular formula is C45H51ClN6O5S. The second-order valence-corrected chi connectivity index (χ2v) is 17.5. The summed E-state index contributed by atoms with van der Waals surface area (Å²) >= 11 is 6.91. The van der Waals surface area contributed by atoms with Gasteiger partial charge in [-0.05, 0) is 104 Å². The predicted octanol–water partition coefficient (Wildman–Crippen LogP) is 7.86. The van der Waals surface area contributed by atoms with Gasteiger partial charge in [-0.1, -0.05) is 92.9 Å². The fourth-order valence-corrected chi connectivity index (χ4v) is 9.31. The Kier molecular flexibility index (Phi) is 12.7. The smallest absolute Gasteiger partial charge is 0.275 e. The van der Waals surface area contributed by atoms with Crippen LogP contribution >= 0.6 is 11.6 Å². The van der Waals surface area contributed by atoms with Crippen molar-refractivity contribution in [3.8, 4) is 5.69 Å². The Morgan fingerprint density at radius 2 is 1.62 bits per heavy atom. The summed E-state index contributed by atoms with van der Waals surface area (Å²) in [4.78, 5) is 46.7. The number of hydrogen-bond donors (Lipinski definition) is 2. The molecule has 7 rings (SSSR count). The normalized spacial score (nSPS) is 16.7. The third-order valence-electron chi connectivity index (χ3n) is 11.4. The van der Waals surface area contributed by atoms with Crippen LogP contribution in [0.2, 0.25) is 5.02 Å². The summed E-state index contributed by atoms with van der Waals surface area (Å²) in [7, 11) is -4.29. The van der Waals surface area contributed by atoms with Gasteiger partial charge in [-0.2, -0.15) is 5.10 Å². The van der Waals surface area contributed by atoms with Crippen molar-refractivity contribution < 1.29 is 22.8 Å². The third-order valence-corrected chi connectivity index (χ3v) is 13.2. The maximum absolute atomic E-state index is 15.2. The minimum Gasteiger partial charge on any atom is -0.337 e. The minimum atomic E-state index is -4.29. The zero-order valence-electron chi connectivity index (χ0n) is 33.3. The van der Waals surface area contributed by atoms with Crippen molar-refractivity contribution in [2.24, 2.45) is 0 Å². The lowest BCUT2D eigenvalue weighted by Gasteiger charge is -2.38. The number of nitrogens with zero attached hydrogens (tertiary/aromatic N) is 4. The monoisotopic (exact) mass is 822 g/mol. The highest BCUT2D eigenvalue weighted by atomic mass is 35.5. The molecule has 58 heavy (non-hydrogen) atoms. The predicted molar refractivity (Wildman–Crippen MR) is 227 cm³/mol. The first-order valence-corrected chi connectivity index (χ1v) is 22.2. The number of nitrogens with one attached hydrogen (secondary N) is 2. The van der Waals surface area contributed by atoms with E-state index in [0.717, 1.165) is 62.4 Å². The van der Waals surface area contributed by atoms with Crippen molar-refractivity contribution in [3.05, 3.63) is 124 Å². The van der Waals surface area contributed by atoms with Gasteiger partial charge in [-0.3, -0.25) is 14.4 Å². The molecule has 11 nitrogen and oxygen atoms in total. The summed E-state index contributed by atoms with van der Waals surface area (Å²) in [5.74, 6) is -1.52. The topological polar surface area (TPSA) is 134 Å². The quantitative estimate of drug-likeness (QED) is 0.117. The Labute approximate surface area is 345 Å². The molecule has 304 valence electrons. The first-order valence-electron chi connectivity index (χ1n) is 20.3. The lowest BCUT2D eigenvalue weighted by atomic mass is 9.89. The summed E-state index contributed by atoms with van der Waals surface area (Å²) in [5.41, 5.74) is 3.20. The fraction of sp³-hybridized carbons (Fsp3) is 0.378. The van der Waals surface area contributed by atoms with Crippen LogP contribution in [0.15, 0.2) is 89.8 Å². The highest BCUT2D eigenvalue weighted by Crippen LogP contribution is 2.32. The summed E-state index contributed by atoms with van der Waals surface area (Å²) < 4.78 is 30.9. The zero-order chi connectivity index (χ0) is 41.0. The Bertz CT molecular complexity index is 2440. The van der Waals surface area contributed by atoms with Crippen LogP contribution in [0.3, 0.4) is 0 Å². The van der Waals surface area contributed by atoms with E-state index in [1.807, 2.05) is 41.3 Å². The maximum Gasteiger partial charge on any atom is 0.275 e. The second-order valence-electron chi connectivity index (χ2n) is 15.4. The molecule has 2 atom stereocenters. The molecule has 0 saturated carbocycles. The van der Waals surface area contributed by atoms with Crippen molar-refractivity contribution in [1.82, 2.24) is 29.6 Å². The van der Waals surface area contributed by atoms with E-state index in [2.05, 4.69) is 30.0 Å². The minimum absolute atomic E-state index is 0.0274. The molecule has 0 bridgehead atoms. The van der Waals surface area contributed by atoms with Crippen LogP contribution in [-0.2, 0) is 23.0 Å². The van der Waals surface area contributed by atoms with Crippen molar-refractivity contribution in [3.63, 3.8) is 0 Å². The molecule has 2 aliphatic heterocycles. The van der Waals surface area contributed by atoms with E-state index in [-0.39, 0.29) is 50.6 Å². The SMILES string of the molecule is CCCCN(CCCC)C(=O)c1nn(-c2ccc(C(=O)NS(=O)(=O)c3ccc4ccccc4c3)cc2C(=O)N2Cc3ccccc3C[C@H]2CC2CCCN2)c(C)c1Cl. The van der Waals surface area contributed by atoms with E-state index in [0.29, 0.717) is 42.8 Å². The van der Waals surface area contributed by atoms with Crippen molar-refractivity contribution in [2.45, 2.75) is 95.7 Å². The maximum atomic E-state index is 15.2. The lowest BCUT2D eigenvalue weighted by molar-refractivity contribution is 0.0618. The van der Waals surface area contributed by atoms with Crippen LogP contribution in [0.5, 0.6) is 0 Å². The Balaban J connectivity index is 1.29. The molecule has 3 heterocycles. The number of halogens is 1.